The molecule has 54 heavy (non-hydrogen) atoms. The molecule has 0 saturated carbocycles. The summed E-state index contributed by atoms with van der Waals surface area (Å²) in [4.78, 5) is 4.09. The Morgan fingerprint density at radius 3 is 1.61 bits per heavy atom. The first-order chi connectivity index (χ1) is 25.4. The average molecular weight is 818 g/mol. The molecule has 0 spiro atoms. The van der Waals surface area contributed by atoms with E-state index in [0.29, 0.717) is 30.6 Å². The molecule has 0 atom stereocenters. The normalized spacial score (nSPS) is 13.5. The molecule has 0 bridgehead atoms. The molecule has 0 aliphatic carbocycles. The van der Waals surface area contributed by atoms with Gasteiger partial charge in [-0.1, -0.05) is 77.8 Å². The van der Waals surface area contributed by atoms with Crippen molar-refractivity contribution in [1.82, 2.24) is 4.72 Å². The van der Waals surface area contributed by atoms with Gasteiger partial charge in [0.1, 0.15) is 0 Å². The van der Waals surface area contributed by atoms with Gasteiger partial charge in [-0.2, -0.15) is 13.2 Å². The van der Waals surface area contributed by atoms with Crippen LogP contribution < -0.4 is 20.3 Å². The highest BCUT2D eigenvalue weighted by Gasteiger charge is 2.31. The summed E-state index contributed by atoms with van der Waals surface area (Å²) in [5.41, 5.74) is 14.4. The molecule has 0 fully saturated rings. The quantitative estimate of drug-likeness (QED) is 0.145. The standard InChI is InChI=1S/C24H22ClF3N2O2S.C17H19ClN2.ClH/c25-20-12-11-18-10-9-17-5-1-2-8-22(17)30(23(18)16-20)14-4-13-29-33(31,32)21-7-3-6-19(15-21)24(26,27)28;18-15-9-8-14-7-6-13-4-1-2-5-16(13)20(11-3-10-19)17(14)12-15;/h1-3,5-8,11-12,15-16,29H,4,9-10,13-14H2;1-2,4-5,8-9,12H,3,6-7,10-11,19H2;1H. The zero-order valence-electron chi connectivity index (χ0n) is 29.5. The second-order valence-corrected chi connectivity index (χ2v) is 15.7. The van der Waals surface area contributed by atoms with Gasteiger partial charge >= 0.3 is 6.18 Å². The Kier molecular flexibility index (Phi) is 14.0. The molecule has 3 N–H and O–H groups in total. The summed E-state index contributed by atoms with van der Waals surface area (Å²) in [6, 6.07) is 32.4. The summed E-state index contributed by atoms with van der Waals surface area (Å²) in [7, 11) is -4.07. The number of hydrogen-bond acceptors (Lipinski definition) is 5. The van der Waals surface area contributed by atoms with Crippen LogP contribution in [0.15, 0.2) is 114 Å². The fourth-order valence-electron chi connectivity index (χ4n) is 6.87. The highest BCUT2D eigenvalue weighted by atomic mass is 35.5. The number of nitrogens with one attached hydrogen (secondary N) is 1. The third-order valence-corrected chi connectivity index (χ3v) is 11.4. The van der Waals surface area contributed by atoms with E-state index >= 15 is 0 Å². The van der Waals surface area contributed by atoms with Gasteiger partial charge in [0, 0.05) is 52.4 Å². The van der Waals surface area contributed by atoms with E-state index in [2.05, 4.69) is 57.0 Å². The predicted molar refractivity (Wildman–Crippen MR) is 217 cm³/mol. The molecule has 13 heteroatoms. The highest BCUT2D eigenvalue weighted by Crippen LogP contribution is 2.39. The van der Waals surface area contributed by atoms with E-state index in [9.17, 15) is 21.6 Å². The number of halogens is 6. The lowest BCUT2D eigenvalue weighted by Crippen LogP contribution is -2.28. The Labute approximate surface area is 331 Å². The largest absolute Gasteiger partial charge is 0.416 e. The summed E-state index contributed by atoms with van der Waals surface area (Å²) in [6.45, 7) is 2.22. The van der Waals surface area contributed by atoms with Gasteiger partial charge in [-0.15, -0.1) is 12.4 Å². The van der Waals surface area contributed by atoms with Crippen LogP contribution in [0.4, 0.5) is 35.9 Å². The van der Waals surface area contributed by atoms with E-state index in [1.54, 1.807) is 0 Å². The van der Waals surface area contributed by atoms with Gasteiger partial charge in [0.15, 0.2) is 0 Å². The summed E-state index contributed by atoms with van der Waals surface area (Å²) in [6.07, 6.45) is 0.678. The maximum absolute atomic E-state index is 12.9. The molecular formula is C41H42Cl3F3N4O2S. The van der Waals surface area contributed by atoms with E-state index in [0.717, 1.165) is 78.8 Å². The van der Waals surface area contributed by atoms with Crippen molar-refractivity contribution in [2.75, 3.05) is 36.0 Å². The number of fused-ring (bicyclic) bond motifs is 4. The van der Waals surface area contributed by atoms with E-state index in [1.807, 2.05) is 42.5 Å². The number of alkyl halides is 3. The van der Waals surface area contributed by atoms with Crippen LogP contribution >= 0.6 is 35.6 Å². The van der Waals surface area contributed by atoms with E-state index in [4.69, 9.17) is 28.9 Å². The predicted octanol–water partition coefficient (Wildman–Crippen LogP) is 10.3. The van der Waals surface area contributed by atoms with Crippen molar-refractivity contribution in [3.63, 3.8) is 0 Å². The molecule has 2 aliphatic rings. The first kappa shape index (κ1) is 41.4. The monoisotopic (exact) mass is 816 g/mol. The van der Waals surface area contributed by atoms with Gasteiger partial charge in [0.25, 0.3) is 0 Å². The van der Waals surface area contributed by atoms with Crippen LogP contribution in [0.5, 0.6) is 0 Å². The maximum atomic E-state index is 12.9. The minimum Gasteiger partial charge on any atom is -0.341 e. The van der Waals surface area contributed by atoms with Gasteiger partial charge in [-0.25, -0.2) is 13.1 Å². The van der Waals surface area contributed by atoms with Crippen LogP contribution in [0, 0.1) is 0 Å². The third kappa shape index (κ3) is 9.90. The van der Waals surface area contributed by atoms with Gasteiger partial charge in [0.2, 0.25) is 10.0 Å². The zero-order chi connectivity index (χ0) is 37.6. The molecule has 6 nitrogen and oxygen atoms in total. The molecule has 0 aromatic heterocycles. The molecule has 7 rings (SSSR count). The van der Waals surface area contributed by atoms with Crippen LogP contribution in [0.3, 0.4) is 0 Å². The van der Waals surface area contributed by atoms with Crippen molar-refractivity contribution in [3.05, 3.63) is 147 Å². The Bertz CT molecular complexity index is 2170. The Morgan fingerprint density at radius 1 is 0.630 bits per heavy atom. The number of anilines is 4. The Hall–Kier alpha value is -3.77. The molecule has 5 aromatic carbocycles. The molecule has 0 amide bonds. The van der Waals surface area contributed by atoms with Crippen LogP contribution in [0.25, 0.3) is 0 Å². The SMILES string of the molecule is Cl.NCCCN1c2ccccc2CCc2ccc(Cl)cc21.O=S(=O)(NCCCN1c2ccccc2CCc2ccc(Cl)cc21)c1cccc(C(F)(F)F)c1. The number of nitrogens with zero attached hydrogens (tertiary/aromatic N) is 2. The average Bonchev–Trinajstić information content (AvgIpc) is 3.40. The van der Waals surface area contributed by atoms with Crippen molar-refractivity contribution in [2.24, 2.45) is 5.73 Å². The van der Waals surface area contributed by atoms with Crippen LogP contribution in [0.1, 0.15) is 40.7 Å². The number of rotatable bonds is 9. The van der Waals surface area contributed by atoms with E-state index < -0.39 is 26.7 Å². The number of sulfonamides is 1. The number of aryl methyl sites for hydroxylation is 4. The van der Waals surface area contributed by atoms with Gasteiger partial charge < -0.3 is 15.5 Å². The second-order valence-electron chi connectivity index (χ2n) is 13.0. The van der Waals surface area contributed by atoms with Crippen molar-refractivity contribution in [2.45, 2.75) is 49.6 Å². The molecule has 0 radical (unpaired) electrons. The molecule has 2 heterocycles. The van der Waals surface area contributed by atoms with Crippen molar-refractivity contribution in [1.29, 1.82) is 0 Å². The van der Waals surface area contributed by atoms with E-state index in [-0.39, 0.29) is 19.0 Å². The van der Waals surface area contributed by atoms with Crippen LogP contribution in [-0.2, 0) is 41.9 Å². The molecule has 0 unspecified atom stereocenters. The van der Waals surface area contributed by atoms with Crippen molar-refractivity contribution >= 4 is 68.4 Å². The lowest BCUT2D eigenvalue weighted by atomic mass is 10.0. The van der Waals surface area contributed by atoms with Gasteiger partial charge in [-0.3, -0.25) is 0 Å². The second kappa shape index (κ2) is 18.2. The molecule has 0 saturated heterocycles. The van der Waals surface area contributed by atoms with E-state index in [1.165, 1.54) is 28.1 Å². The topological polar surface area (TPSA) is 78.7 Å². The molecule has 2 aliphatic heterocycles. The minimum atomic E-state index is -4.61. The molecular weight excluding hydrogens is 776 g/mol. The number of nitrogens with two attached hydrogens (primary N) is 1. The van der Waals surface area contributed by atoms with Crippen LogP contribution in [0.2, 0.25) is 10.0 Å². The lowest BCUT2D eigenvalue weighted by Gasteiger charge is -2.27. The Balaban J connectivity index is 0.000000228. The summed E-state index contributed by atoms with van der Waals surface area (Å²) in [5, 5.41) is 1.41. The minimum absolute atomic E-state index is 0. The highest BCUT2D eigenvalue weighted by molar-refractivity contribution is 7.89. The number of benzene rings is 5. The smallest absolute Gasteiger partial charge is 0.341 e. The van der Waals surface area contributed by atoms with Crippen molar-refractivity contribution in [3.8, 4) is 0 Å². The summed E-state index contributed by atoms with van der Waals surface area (Å²) < 4.78 is 66.3. The van der Waals surface area contributed by atoms with Crippen molar-refractivity contribution < 1.29 is 21.6 Å². The first-order valence-corrected chi connectivity index (χ1v) is 19.8. The number of hydrogen-bond donors (Lipinski definition) is 2. The fraction of sp³-hybridized carbons (Fsp3) is 0.268. The first-order valence-electron chi connectivity index (χ1n) is 17.6. The number of para-hydroxylation sites is 2. The third-order valence-electron chi connectivity index (χ3n) is 9.48. The molecule has 5 aromatic rings. The van der Waals surface area contributed by atoms with Gasteiger partial charge in [-0.05, 0) is 122 Å². The zero-order valence-corrected chi connectivity index (χ0v) is 32.6. The Morgan fingerprint density at radius 2 is 1.11 bits per heavy atom. The fourth-order valence-corrected chi connectivity index (χ4v) is 8.32. The van der Waals surface area contributed by atoms with Crippen LogP contribution in [-0.4, -0.2) is 34.6 Å². The van der Waals surface area contributed by atoms with Gasteiger partial charge in [0.05, 0.1) is 10.5 Å². The summed E-state index contributed by atoms with van der Waals surface area (Å²) >= 11 is 12.5. The summed E-state index contributed by atoms with van der Waals surface area (Å²) in [5.74, 6) is 0. The maximum Gasteiger partial charge on any atom is 0.416 e. The lowest BCUT2D eigenvalue weighted by molar-refractivity contribution is -0.137. The molecule has 286 valence electrons.